The maximum absolute atomic E-state index is 5.76. The van der Waals surface area contributed by atoms with E-state index < -0.39 is 0 Å². The molecule has 0 aliphatic carbocycles. The summed E-state index contributed by atoms with van der Waals surface area (Å²) in [4.78, 5) is 0. The fraction of sp³-hybridized carbons (Fsp3) is 0.200. The van der Waals surface area contributed by atoms with Gasteiger partial charge in [-0.25, -0.2) is 0 Å². The number of aromatic nitrogens is 1. The standard InChI is InChI=1S/C20H21NO2/c1-3-13-22-20(23-14-4-2)15-21-18-11-7-5-9-16(18)17-10-6-8-12-19(17)21/h3-12,20H,1-2,13-15H2. The first-order valence-corrected chi connectivity index (χ1v) is 7.76. The van der Waals surface area contributed by atoms with E-state index in [0.29, 0.717) is 19.8 Å². The van der Waals surface area contributed by atoms with Crippen molar-refractivity contribution in [3.63, 3.8) is 0 Å². The van der Waals surface area contributed by atoms with E-state index in [-0.39, 0.29) is 6.29 Å². The fourth-order valence-corrected chi connectivity index (χ4v) is 2.85. The second-order valence-corrected chi connectivity index (χ2v) is 5.32. The van der Waals surface area contributed by atoms with Crippen LogP contribution in [0.5, 0.6) is 0 Å². The highest BCUT2D eigenvalue weighted by atomic mass is 16.7. The maximum Gasteiger partial charge on any atom is 0.176 e. The number of ether oxygens (including phenoxy) is 2. The Labute approximate surface area is 136 Å². The van der Waals surface area contributed by atoms with Crippen LogP contribution in [-0.4, -0.2) is 24.1 Å². The van der Waals surface area contributed by atoms with Crippen molar-refractivity contribution in [2.24, 2.45) is 0 Å². The Hall–Kier alpha value is -2.36. The molecule has 0 amide bonds. The van der Waals surface area contributed by atoms with Crippen LogP contribution in [-0.2, 0) is 16.0 Å². The molecular formula is C20H21NO2. The minimum Gasteiger partial charge on any atom is -0.347 e. The number of para-hydroxylation sites is 2. The monoisotopic (exact) mass is 307 g/mol. The van der Waals surface area contributed by atoms with Gasteiger partial charge < -0.3 is 14.0 Å². The molecule has 0 N–H and O–H groups in total. The molecule has 118 valence electrons. The Morgan fingerprint density at radius 3 is 1.78 bits per heavy atom. The molecule has 2 aromatic carbocycles. The lowest BCUT2D eigenvalue weighted by atomic mass is 10.2. The number of benzene rings is 2. The summed E-state index contributed by atoms with van der Waals surface area (Å²) in [5, 5.41) is 2.49. The van der Waals surface area contributed by atoms with Crippen LogP contribution < -0.4 is 0 Å². The summed E-state index contributed by atoms with van der Waals surface area (Å²) in [6.07, 6.45) is 3.12. The lowest BCUT2D eigenvalue weighted by Gasteiger charge is -2.19. The molecule has 0 aliphatic rings. The maximum atomic E-state index is 5.76. The first-order chi connectivity index (χ1) is 11.3. The largest absolute Gasteiger partial charge is 0.347 e. The van der Waals surface area contributed by atoms with Crippen LogP contribution in [0.15, 0.2) is 73.8 Å². The smallest absolute Gasteiger partial charge is 0.176 e. The summed E-state index contributed by atoms with van der Waals surface area (Å²) in [6.45, 7) is 8.94. The predicted molar refractivity (Wildman–Crippen MR) is 95.5 cm³/mol. The molecule has 3 rings (SSSR count). The number of hydrogen-bond donors (Lipinski definition) is 0. The third-order valence-electron chi connectivity index (χ3n) is 3.81. The van der Waals surface area contributed by atoms with Crippen LogP contribution in [0.2, 0.25) is 0 Å². The Morgan fingerprint density at radius 2 is 1.30 bits per heavy atom. The number of hydrogen-bond acceptors (Lipinski definition) is 2. The van der Waals surface area contributed by atoms with Gasteiger partial charge in [0.15, 0.2) is 6.29 Å². The van der Waals surface area contributed by atoms with Gasteiger partial charge in [0.2, 0.25) is 0 Å². The van der Waals surface area contributed by atoms with Gasteiger partial charge in [-0.05, 0) is 12.1 Å². The van der Waals surface area contributed by atoms with Gasteiger partial charge in [0, 0.05) is 21.8 Å². The summed E-state index contributed by atoms with van der Waals surface area (Å²) >= 11 is 0. The van der Waals surface area contributed by atoms with Crippen molar-refractivity contribution >= 4 is 21.8 Å². The van der Waals surface area contributed by atoms with Gasteiger partial charge in [0.05, 0.1) is 19.8 Å². The highest BCUT2D eigenvalue weighted by molar-refractivity contribution is 6.07. The normalized spacial score (nSPS) is 11.3. The van der Waals surface area contributed by atoms with Crippen molar-refractivity contribution in [2.75, 3.05) is 13.2 Å². The summed E-state index contributed by atoms with van der Waals surface area (Å²) in [7, 11) is 0. The Bertz CT molecular complexity index is 753. The van der Waals surface area contributed by atoms with E-state index in [4.69, 9.17) is 9.47 Å². The third-order valence-corrected chi connectivity index (χ3v) is 3.81. The molecule has 0 unspecified atom stereocenters. The topological polar surface area (TPSA) is 23.4 Å². The van der Waals surface area contributed by atoms with Gasteiger partial charge in [0.25, 0.3) is 0 Å². The molecule has 1 heterocycles. The quantitative estimate of drug-likeness (QED) is 0.451. The minimum absolute atomic E-state index is 0.342. The van der Waals surface area contributed by atoms with Crippen LogP contribution in [0.4, 0.5) is 0 Å². The van der Waals surface area contributed by atoms with E-state index in [0.717, 1.165) is 0 Å². The molecule has 0 aliphatic heterocycles. The van der Waals surface area contributed by atoms with Crippen LogP contribution in [0.25, 0.3) is 21.8 Å². The minimum atomic E-state index is -0.342. The lowest BCUT2D eigenvalue weighted by Crippen LogP contribution is -2.23. The number of nitrogens with zero attached hydrogens (tertiary/aromatic N) is 1. The zero-order valence-electron chi connectivity index (χ0n) is 13.2. The van der Waals surface area contributed by atoms with Crippen molar-refractivity contribution in [3.8, 4) is 0 Å². The van der Waals surface area contributed by atoms with E-state index in [2.05, 4.69) is 66.3 Å². The average molecular weight is 307 g/mol. The Balaban J connectivity index is 2.01. The van der Waals surface area contributed by atoms with Crippen LogP contribution in [0.3, 0.4) is 0 Å². The summed E-state index contributed by atoms with van der Waals surface area (Å²) in [6, 6.07) is 16.8. The molecule has 3 nitrogen and oxygen atoms in total. The molecule has 0 saturated carbocycles. The van der Waals surface area contributed by atoms with Gasteiger partial charge in [0.1, 0.15) is 0 Å². The first-order valence-electron chi connectivity index (χ1n) is 7.76. The molecule has 0 radical (unpaired) electrons. The van der Waals surface area contributed by atoms with Crippen LogP contribution in [0, 0.1) is 0 Å². The van der Waals surface area contributed by atoms with Gasteiger partial charge in [-0.2, -0.15) is 0 Å². The molecule has 23 heavy (non-hydrogen) atoms. The molecule has 3 heteroatoms. The molecule has 1 aromatic heterocycles. The molecule has 0 fully saturated rings. The zero-order chi connectivity index (χ0) is 16.1. The number of fused-ring (bicyclic) bond motifs is 3. The molecule has 0 atom stereocenters. The predicted octanol–water partition coefficient (Wildman–Crippen LogP) is 4.53. The number of rotatable bonds is 8. The van der Waals surface area contributed by atoms with Crippen molar-refractivity contribution in [1.29, 1.82) is 0 Å². The summed E-state index contributed by atoms with van der Waals surface area (Å²) in [5.74, 6) is 0. The first kappa shape index (κ1) is 15.5. The summed E-state index contributed by atoms with van der Waals surface area (Å²) in [5.41, 5.74) is 2.37. The molecule has 0 bridgehead atoms. The third kappa shape index (κ3) is 3.21. The Morgan fingerprint density at radius 1 is 0.826 bits per heavy atom. The van der Waals surface area contributed by atoms with E-state index >= 15 is 0 Å². The van der Waals surface area contributed by atoms with Crippen LogP contribution >= 0.6 is 0 Å². The van der Waals surface area contributed by atoms with E-state index in [9.17, 15) is 0 Å². The molecular weight excluding hydrogens is 286 g/mol. The highest BCUT2D eigenvalue weighted by Gasteiger charge is 2.15. The molecule has 0 spiro atoms. The summed E-state index contributed by atoms with van der Waals surface area (Å²) < 4.78 is 13.8. The van der Waals surface area contributed by atoms with Crippen molar-refractivity contribution < 1.29 is 9.47 Å². The average Bonchev–Trinajstić information content (AvgIpc) is 2.91. The second kappa shape index (κ2) is 7.27. The second-order valence-electron chi connectivity index (χ2n) is 5.32. The van der Waals surface area contributed by atoms with Gasteiger partial charge in [-0.15, -0.1) is 13.2 Å². The van der Waals surface area contributed by atoms with Gasteiger partial charge >= 0.3 is 0 Å². The highest BCUT2D eigenvalue weighted by Crippen LogP contribution is 2.29. The van der Waals surface area contributed by atoms with Gasteiger partial charge in [-0.3, -0.25) is 0 Å². The SMILES string of the molecule is C=CCOC(Cn1c2ccccc2c2ccccc21)OCC=C. The van der Waals surface area contributed by atoms with Crippen molar-refractivity contribution in [2.45, 2.75) is 12.8 Å². The van der Waals surface area contributed by atoms with Crippen LogP contribution in [0.1, 0.15) is 0 Å². The van der Waals surface area contributed by atoms with E-state index in [1.54, 1.807) is 12.2 Å². The van der Waals surface area contributed by atoms with E-state index in [1.165, 1.54) is 21.8 Å². The van der Waals surface area contributed by atoms with Gasteiger partial charge in [-0.1, -0.05) is 48.6 Å². The van der Waals surface area contributed by atoms with Crippen molar-refractivity contribution in [3.05, 3.63) is 73.8 Å². The fourth-order valence-electron chi connectivity index (χ4n) is 2.85. The molecule has 0 saturated heterocycles. The Kier molecular flexibility index (Phi) is 4.91. The zero-order valence-corrected chi connectivity index (χ0v) is 13.2. The lowest BCUT2D eigenvalue weighted by molar-refractivity contribution is -0.133. The van der Waals surface area contributed by atoms with Crippen molar-refractivity contribution in [1.82, 2.24) is 4.57 Å². The molecule has 3 aromatic rings. The van der Waals surface area contributed by atoms with E-state index in [1.807, 2.05) is 0 Å².